The molecule has 0 amide bonds. The summed E-state index contributed by atoms with van der Waals surface area (Å²) in [6, 6.07) is 8.68. The van der Waals surface area contributed by atoms with E-state index in [2.05, 4.69) is 24.1 Å². The van der Waals surface area contributed by atoms with Crippen LogP contribution in [0, 0.1) is 0 Å². The minimum atomic E-state index is 0.334. The van der Waals surface area contributed by atoms with E-state index in [0.717, 1.165) is 13.1 Å². The summed E-state index contributed by atoms with van der Waals surface area (Å²) in [5.74, 6) is 0.334. The van der Waals surface area contributed by atoms with Crippen molar-refractivity contribution in [1.29, 1.82) is 0 Å². The highest BCUT2D eigenvalue weighted by atomic mass is 16.3. The van der Waals surface area contributed by atoms with Crippen molar-refractivity contribution >= 4 is 0 Å². The van der Waals surface area contributed by atoms with Gasteiger partial charge in [0.25, 0.3) is 0 Å². The summed E-state index contributed by atoms with van der Waals surface area (Å²) in [6.45, 7) is 7.74. The SMILES string of the molecule is CC(C)N1CCC(NCc2ccc(O)cc2)C1. The predicted molar refractivity (Wildman–Crippen MR) is 70.1 cm³/mol. The molecule has 0 saturated carbocycles. The highest BCUT2D eigenvalue weighted by molar-refractivity contribution is 5.25. The third kappa shape index (κ3) is 3.45. The molecule has 1 aliphatic heterocycles. The van der Waals surface area contributed by atoms with Crippen molar-refractivity contribution in [2.45, 2.75) is 38.9 Å². The molecule has 0 bridgehead atoms. The fraction of sp³-hybridized carbons (Fsp3) is 0.571. The van der Waals surface area contributed by atoms with Gasteiger partial charge >= 0.3 is 0 Å². The van der Waals surface area contributed by atoms with Gasteiger partial charge in [-0.1, -0.05) is 12.1 Å². The Morgan fingerprint density at radius 2 is 2.06 bits per heavy atom. The summed E-state index contributed by atoms with van der Waals surface area (Å²) in [4.78, 5) is 2.51. The van der Waals surface area contributed by atoms with Gasteiger partial charge in [0.1, 0.15) is 5.75 Å². The second kappa shape index (κ2) is 5.52. The van der Waals surface area contributed by atoms with Crippen LogP contribution in [0.4, 0.5) is 0 Å². The summed E-state index contributed by atoms with van der Waals surface area (Å²) in [7, 11) is 0. The van der Waals surface area contributed by atoms with Crippen molar-refractivity contribution in [3.63, 3.8) is 0 Å². The number of phenolic OH excluding ortho intramolecular Hbond substituents is 1. The monoisotopic (exact) mass is 234 g/mol. The minimum absolute atomic E-state index is 0.334. The number of nitrogens with one attached hydrogen (secondary N) is 1. The van der Waals surface area contributed by atoms with Crippen molar-refractivity contribution in [3.8, 4) is 5.75 Å². The molecular formula is C14H22N2O. The number of benzene rings is 1. The Morgan fingerprint density at radius 1 is 1.35 bits per heavy atom. The van der Waals surface area contributed by atoms with Crippen LogP contribution in [-0.4, -0.2) is 35.2 Å². The van der Waals surface area contributed by atoms with Crippen molar-refractivity contribution in [2.75, 3.05) is 13.1 Å². The van der Waals surface area contributed by atoms with Gasteiger partial charge in [0.15, 0.2) is 0 Å². The summed E-state index contributed by atoms with van der Waals surface area (Å²) in [5.41, 5.74) is 1.23. The maximum Gasteiger partial charge on any atom is 0.115 e. The van der Waals surface area contributed by atoms with Gasteiger partial charge in [-0.25, -0.2) is 0 Å². The summed E-state index contributed by atoms with van der Waals surface area (Å²) >= 11 is 0. The zero-order valence-corrected chi connectivity index (χ0v) is 10.7. The topological polar surface area (TPSA) is 35.5 Å². The Hall–Kier alpha value is -1.06. The van der Waals surface area contributed by atoms with Crippen LogP contribution < -0.4 is 5.32 Å². The van der Waals surface area contributed by atoms with Crippen molar-refractivity contribution in [3.05, 3.63) is 29.8 Å². The molecule has 1 aromatic carbocycles. The van der Waals surface area contributed by atoms with E-state index in [4.69, 9.17) is 0 Å². The number of rotatable bonds is 4. The lowest BCUT2D eigenvalue weighted by atomic mass is 10.2. The van der Waals surface area contributed by atoms with E-state index in [1.807, 2.05) is 12.1 Å². The predicted octanol–water partition coefficient (Wildman–Crippen LogP) is 1.96. The van der Waals surface area contributed by atoms with E-state index in [1.54, 1.807) is 12.1 Å². The van der Waals surface area contributed by atoms with Gasteiger partial charge in [-0.05, 0) is 44.5 Å². The van der Waals surface area contributed by atoms with E-state index in [-0.39, 0.29) is 0 Å². The van der Waals surface area contributed by atoms with Gasteiger partial charge in [0, 0.05) is 25.2 Å². The molecular weight excluding hydrogens is 212 g/mol. The van der Waals surface area contributed by atoms with E-state index in [1.165, 1.54) is 18.5 Å². The molecule has 2 rings (SSSR count). The number of aromatic hydroxyl groups is 1. The third-order valence-corrected chi connectivity index (χ3v) is 3.48. The Morgan fingerprint density at radius 3 is 2.65 bits per heavy atom. The van der Waals surface area contributed by atoms with Crippen LogP contribution in [0.25, 0.3) is 0 Å². The molecule has 1 unspecified atom stereocenters. The first kappa shape index (κ1) is 12.4. The average molecular weight is 234 g/mol. The molecule has 3 nitrogen and oxygen atoms in total. The Bertz CT molecular complexity index is 348. The maximum absolute atomic E-state index is 9.21. The molecule has 0 aromatic heterocycles. The van der Waals surface area contributed by atoms with Crippen LogP contribution in [0.3, 0.4) is 0 Å². The number of nitrogens with zero attached hydrogens (tertiary/aromatic N) is 1. The van der Waals surface area contributed by atoms with Crippen LogP contribution >= 0.6 is 0 Å². The molecule has 0 aliphatic carbocycles. The van der Waals surface area contributed by atoms with Gasteiger partial charge < -0.3 is 10.4 Å². The van der Waals surface area contributed by atoms with Crippen molar-refractivity contribution in [2.24, 2.45) is 0 Å². The molecule has 2 N–H and O–H groups in total. The van der Waals surface area contributed by atoms with E-state index < -0.39 is 0 Å². The third-order valence-electron chi connectivity index (χ3n) is 3.48. The van der Waals surface area contributed by atoms with Crippen LogP contribution in [-0.2, 0) is 6.54 Å². The number of likely N-dealkylation sites (tertiary alicyclic amines) is 1. The Labute approximate surface area is 103 Å². The Kier molecular flexibility index (Phi) is 4.02. The number of hydrogen-bond acceptors (Lipinski definition) is 3. The highest BCUT2D eigenvalue weighted by Crippen LogP contribution is 2.14. The van der Waals surface area contributed by atoms with Crippen molar-refractivity contribution in [1.82, 2.24) is 10.2 Å². The molecule has 1 aliphatic rings. The second-order valence-corrected chi connectivity index (χ2v) is 5.12. The summed E-state index contributed by atoms with van der Waals surface area (Å²) < 4.78 is 0. The summed E-state index contributed by atoms with van der Waals surface area (Å²) in [6.07, 6.45) is 1.23. The molecule has 1 aromatic rings. The average Bonchev–Trinajstić information content (AvgIpc) is 2.77. The van der Waals surface area contributed by atoms with Gasteiger partial charge in [-0.2, -0.15) is 0 Å². The highest BCUT2D eigenvalue weighted by Gasteiger charge is 2.23. The van der Waals surface area contributed by atoms with Crippen LogP contribution in [0.1, 0.15) is 25.8 Å². The molecule has 94 valence electrons. The van der Waals surface area contributed by atoms with E-state index in [0.29, 0.717) is 17.8 Å². The largest absolute Gasteiger partial charge is 0.508 e. The molecule has 1 saturated heterocycles. The first-order valence-electron chi connectivity index (χ1n) is 6.40. The van der Waals surface area contributed by atoms with Gasteiger partial charge in [0.2, 0.25) is 0 Å². The molecule has 17 heavy (non-hydrogen) atoms. The lowest BCUT2D eigenvalue weighted by molar-refractivity contribution is 0.268. The van der Waals surface area contributed by atoms with Crippen LogP contribution in [0.2, 0.25) is 0 Å². The van der Waals surface area contributed by atoms with Gasteiger partial charge in [0.05, 0.1) is 0 Å². The van der Waals surface area contributed by atoms with Gasteiger partial charge in [-0.3, -0.25) is 4.90 Å². The normalized spacial score (nSPS) is 21.2. The van der Waals surface area contributed by atoms with Crippen LogP contribution in [0.5, 0.6) is 5.75 Å². The quantitative estimate of drug-likeness (QED) is 0.836. The first-order chi connectivity index (χ1) is 8.15. The fourth-order valence-electron chi connectivity index (χ4n) is 2.30. The fourth-order valence-corrected chi connectivity index (χ4v) is 2.30. The lowest BCUT2D eigenvalue weighted by Crippen LogP contribution is -2.34. The number of phenols is 1. The van der Waals surface area contributed by atoms with E-state index in [9.17, 15) is 5.11 Å². The minimum Gasteiger partial charge on any atom is -0.508 e. The molecule has 1 atom stereocenters. The smallest absolute Gasteiger partial charge is 0.115 e. The van der Waals surface area contributed by atoms with E-state index >= 15 is 0 Å². The molecule has 1 fully saturated rings. The van der Waals surface area contributed by atoms with Gasteiger partial charge in [-0.15, -0.1) is 0 Å². The Balaban J connectivity index is 1.78. The zero-order chi connectivity index (χ0) is 12.3. The lowest BCUT2D eigenvalue weighted by Gasteiger charge is -2.20. The standard InChI is InChI=1S/C14H22N2O/c1-11(2)16-8-7-13(10-16)15-9-12-3-5-14(17)6-4-12/h3-6,11,13,15,17H,7-10H2,1-2H3. The maximum atomic E-state index is 9.21. The number of hydrogen-bond donors (Lipinski definition) is 2. The van der Waals surface area contributed by atoms with Crippen molar-refractivity contribution < 1.29 is 5.11 Å². The molecule has 0 radical (unpaired) electrons. The second-order valence-electron chi connectivity index (χ2n) is 5.12. The molecule has 0 spiro atoms. The molecule has 3 heteroatoms. The first-order valence-corrected chi connectivity index (χ1v) is 6.40. The zero-order valence-electron chi connectivity index (χ0n) is 10.7. The summed E-state index contributed by atoms with van der Waals surface area (Å²) in [5, 5.41) is 12.8. The van der Waals surface area contributed by atoms with Crippen LogP contribution in [0.15, 0.2) is 24.3 Å². The molecule has 1 heterocycles.